The van der Waals surface area contributed by atoms with Gasteiger partial charge in [0.05, 0.1) is 0 Å². The molecule has 86 valence electrons. The highest BCUT2D eigenvalue weighted by Gasteiger charge is 2.17. The summed E-state index contributed by atoms with van der Waals surface area (Å²) in [6.45, 7) is 8.25. The van der Waals surface area contributed by atoms with Crippen LogP contribution in [0.1, 0.15) is 26.6 Å². The lowest BCUT2D eigenvalue weighted by Crippen LogP contribution is -2.26. The van der Waals surface area contributed by atoms with Crippen molar-refractivity contribution in [3.05, 3.63) is 11.9 Å². The zero-order valence-electron chi connectivity index (χ0n) is 10.2. The molecule has 0 atom stereocenters. The molecule has 1 aromatic rings. The first-order chi connectivity index (χ1) is 7.46. The first-order valence-electron chi connectivity index (χ1n) is 5.23. The van der Waals surface area contributed by atoms with Crippen LogP contribution in [0.4, 0.5) is 5.82 Å². The van der Waals surface area contributed by atoms with Crippen molar-refractivity contribution in [3.63, 3.8) is 0 Å². The number of terminal acetylenes is 1. The van der Waals surface area contributed by atoms with Crippen LogP contribution in [0, 0.1) is 19.3 Å². The van der Waals surface area contributed by atoms with Crippen molar-refractivity contribution in [3.8, 4) is 18.2 Å². The van der Waals surface area contributed by atoms with Crippen LogP contribution in [-0.4, -0.2) is 22.1 Å². The molecule has 1 heterocycles. The Morgan fingerprint density at radius 1 is 1.50 bits per heavy atom. The highest BCUT2D eigenvalue weighted by molar-refractivity contribution is 5.38. The molecule has 16 heavy (non-hydrogen) atoms. The predicted octanol–water partition coefficient (Wildman–Crippen LogP) is 2.01. The van der Waals surface area contributed by atoms with Crippen molar-refractivity contribution < 1.29 is 4.74 Å². The predicted molar refractivity (Wildman–Crippen MR) is 64.5 cm³/mol. The molecule has 1 N–H and O–H groups in total. The Kier molecular flexibility index (Phi) is 3.73. The summed E-state index contributed by atoms with van der Waals surface area (Å²) in [6.07, 6.45) is 5.35. The molecular weight excluding hydrogens is 202 g/mol. The molecule has 4 heteroatoms. The second-order valence-electron chi connectivity index (χ2n) is 3.93. The van der Waals surface area contributed by atoms with Crippen molar-refractivity contribution in [1.29, 1.82) is 0 Å². The summed E-state index contributed by atoms with van der Waals surface area (Å²) in [4.78, 5) is 8.41. The summed E-state index contributed by atoms with van der Waals surface area (Å²) in [7, 11) is 0. The first-order valence-corrected chi connectivity index (χ1v) is 5.23. The Labute approximate surface area is 96.5 Å². The Morgan fingerprint density at radius 3 is 2.75 bits per heavy atom. The summed E-state index contributed by atoms with van der Waals surface area (Å²) in [5.41, 5.74) is -0.662. The minimum Gasteiger partial charge on any atom is -0.458 e. The zero-order valence-corrected chi connectivity index (χ0v) is 10.2. The molecule has 1 aromatic heterocycles. The first kappa shape index (κ1) is 12.3. The van der Waals surface area contributed by atoms with Gasteiger partial charge in [-0.1, -0.05) is 5.92 Å². The van der Waals surface area contributed by atoms with E-state index in [1.165, 1.54) is 0 Å². The molecule has 0 amide bonds. The van der Waals surface area contributed by atoms with E-state index in [2.05, 4.69) is 21.2 Å². The number of hydrogen-bond acceptors (Lipinski definition) is 4. The van der Waals surface area contributed by atoms with E-state index in [1.807, 2.05) is 27.7 Å². The smallest absolute Gasteiger partial charge is 0.220 e. The molecule has 0 saturated heterocycles. The van der Waals surface area contributed by atoms with Gasteiger partial charge >= 0.3 is 0 Å². The fourth-order valence-corrected chi connectivity index (χ4v) is 1.16. The van der Waals surface area contributed by atoms with Gasteiger partial charge in [-0.2, -0.15) is 4.98 Å². The van der Waals surface area contributed by atoms with Crippen LogP contribution in [-0.2, 0) is 0 Å². The van der Waals surface area contributed by atoms with Gasteiger partial charge in [-0.25, -0.2) is 4.98 Å². The molecule has 0 aromatic carbocycles. The average Bonchev–Trinajstić information content (AvgIpc) is 2.16. The molecule has 4 nitrogen and oxygen atoms in total. The Balaban J connectivity index is 2.93. The minimum atomic E-state index is -0.662. The third kappa shape index (κ3) is 3.43. The Hall–Kier alpha value is -1.76. The summed E-state index contributed by atoms with van der Waals surface area (Å²) < 4.78 is 5.59. The van der Waals surface area contributed by atoms with Crippen LogP contribution >= 0.6 is 0 Å². The van der Waals surface area contributed by atoms with Gasteiger partial charge in [0.15, 0.2) is 5.60 Å². The van der Waals surface area contributed by atoms with E-state index in [9.17, 15) is 0 Å². The average molecular weight is 219 g/mol. The fourth-order valence-electron chi connectivity index (χ4n) is 1.16. The normalized spacial score (nSPS) is 10.7. The number of nitrogens with zero attached hydrogens (tertiary/aromatic N) is 2. The second kappa shape index (κ2) is 4.84. The van der Waals surface area contributed by atoms with Gasteiger partial charge in [-0.3, -0.25) is 0 Å². The van der Waals surface area contributed by atoms with Crippen LogP contribution in [0.3, 0.4) is 0 Å². The largest absolute Gasteiger partial charge is 0.458 e. The van der Waals surface area contributed by atoms with Gasteiger partial charge in [-0.05, 0) is 27.7 Å². The second-order valence-corrected chi connectivity index (χ2v) is 3.93. The zero-order chi connectivity index (χ0) is 12.2. The van der Waals surface area contributed by atoms with Gasteiger partial charge in [-0.15, -0.1) is 6.42 Å². The highest BCUT2D eigenvalue weighted by Crippen LogP contribution is 2.18. The van der Waals surface area contributed by atoms with Crippen molar-refractivity contribution in [2.75, 3.05) is 11.9 Å². The van der Waals surface area contributed by atoms with Crippen LogP contribution in [0.15, 0.2) is 6.07 Å². The maximum Gasteiger partial charge on any atom is 0.220 e. The molecule has 0 spiro atoms. The van der Waals surface area contributed by atoms with Gasteiger partial charge in [0.1, 0.15) is 11.6 Å². The third-order valence-electron chi connectivity index (χ3n) is 1.88. The molecule has 0 saturated carbocycles. The molecule has 0 radical (unpaired) electrons. The quantitative estimate of drug-likeness (QED) is 0.787. The Morgan fingerprint density at radius 2 is 2.19 bits per heavy atom. The number of aromatic nitrogens is 2. The monoisotopic (exact) mass is 219 g/mol. The molecule has 0 fully saturated rings. The SMILES string of the molecule is C#CC(C)(C)Oc1cc(NCC)nc(C)n1. The van der Waals surface area contributed by atoms with Crippen LogP contribution < -0.4 is 10.1 Å². The minimum absolute atomic E-state index is 0.492. The summed E-state index contributed by atoms with van der Waals surface area (Å²) >= 11 is 0. The van der Waals surface area contributed by atoms with Gasteiger partial charge in [0.25, 0.3) is 0 Å². The van der Waals surface area contributed by atoms with E-state index in [0.29, 0.717) is 11.7 Å². The summed E-state index contributed by atoms with van der Waals surface area (Å²) in [6, 6.07) is 1.75. The lowest BCUT2D eigenvalue weighted by atomic mass is 10.1. The summed E-state index contributed by atoms with van der Waals surface area (Å²) in [5, 5.41) is 3.11. The van der Waals surface area contributed by atoms with E-state index in [0.717, 1.165) is 12.4 Å². The van der Waals surface area contributed by atoms with E-state index < -0.39 is 5.60 Å². The van der Waals surface area contributed by atoms with Crippen molar-refractivity contribution in [2.24, 2.45) is 0 Å². The lowest BCUT2D eigenvalue weighted by Gasteiger charge is -2.19. The maximum atomic E-state index is 5.59. The van der Waals surface area contributed by atoms with Gasteiger partial charge in [0.2, 0.25) is 5.88 Å². The molecule has 0 unspecified atom stereocenters. The summed E-state index contributed by atoms with van der Waals surface area (Å²) in [5.74, 6) is 4.45. The number of hydrogen-bond donors (Lipinski definition) is 1. The standard InChI is InChI=1S/C12H17N3O/c1-6-12(4,5)16-11-8-10(13-7-2)14-9(3)15-11/h1,8H,7H2,2-5H3,(H,13,14,15). The number of anilines is 1. The molecule has 1 rings (SSSR count). The number of rotatable bonds is 4. The topological polar surface area (TPSA) is 47.0 Å². The molecular formula is C12H17N3O. The maximum absolute atomic E-state index is 5.59. The van der Waals surface area contributed by atoms with Crippen LogP contribution in [0.2, 0.25) is 0 Å². The van der Waals surface area contributed by atoms with Crippen molar-refractivity contribution >= 4 is 5.82 Å². The lowest BCUT2D eigenvalue weighted by molar-refractivity contribution is 0.164. The van der Waals surface area contributed by atoms with E-state index >= 15 is 0 Å². The van der Waals surface area contributed by atoms with Gasteiger partial charge in [0, 0.05) is 12.6 Å². The fraction of sp³-hybridized carbons (Fsp3) is 0.500. The highest BCUT2D eigenvalue weighted by atomic mass is 16.5. The van der Waals surface area contributed by atoms with Gasteiger partial charge < -0.3 is 10.1 Å². The third-order valence-corrected chi connectivity index (χ3v) is 1.88. The number of aryl methyl sites for hydroxylation is 1. The number of nitrogens with one attached hydrogen (secondary N) is 1. The molecule has 0 aliphatic carbocycles. The van der Waals surface area contributed by atoms with E-state index in [1.54, 1.807) is 6.07 Å². The van der Waals surface area contributed by atoms with Crippen LogP contribution in [0.25, 0.3) is 0 Å². The van der Waals surface area contributed by atoms with E-state index in [-0.39, 0.29) is 0 Å². The van der Waals surface area contributed by atoms with Crippen LogP contribution in [0.5, 0.6) is 5.88 Å². The molecule has 0 aliphatic rings. The Bertz CT molecular complexity index is 407. The number of ether oxygens (including phenoxy) is 1. The molecule has 0 aliphatic heterocycles. The molecule has 0 bridgehead atoms. The van der Waals surface area contributed by atoms with Crippen molar-refractivity contribution in [1.82, 2.24) is 9.97 Å². The van der Waals surface area contributed by atoms with E-state index in [4.69, 9.17) is 11.2 Å². The van der Waals surface area contributed by atoms with Crippen molar-refractivity contribution in [2.45, 2.75) is 33.3 Å².